The molecule has 0 radical (unpaired) electrons. The number of aromatic nitrogens is 1. The lowest BCUT2D eigenvalue weighted by Crippen LogP contribution is -2.51. The normalized spacial score (nSPS) is 21.1. The Labute approximate surface area is 158 Å². The zero-order valence-electron chi connectivity index (χ0n) is 15.0. The smallest absolute Gasteiger partial charge is 0.410 e. The molecular formula is C22H21N3O2. The van der Waals surface area contributed by atoms with E-state index in [-0.39, 0.29) is 24.8 Å². The molecule has 2 aliphatic heterocycles. The summed E-state index contributed by atoms with van der Waals surface area (Å²) in [6, 6.07) is 15.8. The van der Waals surface area contributed by atoms with E-state index in [4.69, 9.17) is 4.74 Å². The van der Waals surface area contributed by atoms with E-state index in [1.54, 1.807) is 6.20 Å². The molecule has 0 N–H and O–H groups in total. The number of pyridine rings is 1. The van der Waals surface area contributed by atoms with Crippen molar-refractivity contribution in [3.8, 4) is 6.07 Å². The van der Waals surface area contributed by atoms with Crippen molar-refractivity contribution in [2.45, 2.75) is 44.4 Å². The fraction of sp³-hybridized carbons (Fsp3) is 0.318. The number of ether oxygens (including phenoxy) is 1. The molecule has 2 unspecified atom stereocenters. The van der Waals surface area contributed by atoms with Gasteiger partial charge in [-0.2, -0.15) is 5.26 Å². The zero-order chi connectivity index (χ0) is 18.6. The standard InChI is InChI=1S/C22H21N3O2/c23-14-21-20(10-5-11-24-21)17-12-18-8-4-9-19(13-17)25(18)22(26)27-15-16-6-2-1-3-7-16/h1-3,5-7,10-12,18-19H,4,8-9,13,15H2. The zero-order valence-corrected chi connectivity index (χ0v) is 15.0. The van der Waals surface area contributed by atoms with Crippen LogP contribution in [0.5, 0.6) is 0 Å². The van der Waals surface area contributed by atoms with Crippen LogP contribution in [0.4, 0.5) is 4.79 Å². The highest BCUT2D eigenvalue weighted by molar-refractivity contribution is 5.76. The lowest BCUT2D eigenvalue weighted by molar-refractivity contribution is 0.0510. The van der Waals surface area contributed by atoms with Crippen molar-refractivity contribution < 1.29 is 9.53 Å². The van der Waals surface area contributed by atoms with Crippen LogP contribution in [-0.4, -0.2) is 28.1 Å². The van der Waals surface area contributed by atoms with Gasteiger partial charge in [-0.25, -0.2) is 9.78 Å². The van der Waals surface area contributed by atoms with E-state index in [0.29, 0.717) is 5.69 Å². The van der Waals surface area contributed by atoms with Crippen LogP contribution in [0.15, 0.2) is 54.7 Å². The van der Waals surface area contributed by atoms with E-state index in [2.05, 4.69) is 17.1 Å². The number of piperidine rings is 1. The third-order valence-electron chi connectivity index (χ3n) is 5.31. The number of carbonyl (C=O) groups is 1. The van der Waals surface area contributed by atoms with Crippen molar-refractivity contribution in [3.63, 3.8) is 0 Å². The summed E-state index contributed by atoms with van der Waals surface area (Å²) in [7, 11) is 0. The molecule has 136 valence electrons. The molecule has 1 saturated heterocycles. The fourth-order valence-electron chi connectivity index (χ4n) is 4.06. The number of amides is 1. The maximum Gasteiger partial charge on any atom is 0.410 e. The van der Waals surface area contributed by atoms with Gasteiger partial charge < -0.3 is 4.74 Å². The van der Waals surface area contributed by atoms with E-state index in [0.717, 1.165) is 42.4 Å². The molecule has 1 fully saturated rings. The molecule has 2 aliphatic rings. The Morgan fingerprint density at radius 3 is 2.85 bits per heavy atom. The monoisotopic (exact) mass is 359 g/mol. The summed E-state index contributed by atoms with van der Waals surface area (Å²) in [5.74, 6) is 0. The Balaban J connectivity index is 1.53. The summed E-state index contributed by atoms with van der Waals surface area (Å²) in [6.45, 7) is 0.285. The first-order valence-electron chi connectivity index (χ1n) is 9.31. The van der Waals surface area contributed by atoms with Crippen molar-refractivity contribution in [1.29, 1.82) is 5.26 Å². The molecule has 1 amide bonds. The Bertz CT molecular complexity index is 901. The maximum absolute atomic E-state index is 12.8. The van der Waals surface area contributed by atoms with Gasteiger partial charge in [0.05, 0.1) is 6.04 Å². The average molecular weight is 359 g/mol. The lowest BCUT2D eigenvalue weighted by Gasteiger charge is -2.44. The molecule has 27 heavy (non-hydrogen) atoms. The fourth-order valence-corrected chi connectivity index (χ4v) is 4.06. The molecular weight excluding hydrogens is 338 g/mol. The Morgan fingerprint density at radius 1 is 1.22 bits per heavy atom. The summed E-state index contributed by atoms with van der Waals surface area (Å²) in [6.07, 6.45) is 7.21. The molecule has 0 aliphatic carbocycles. The summed E-state index contributed by atoms with van der Waals surface area (Å²) in [4.78, 5) is 18.8. The summed E-state index contributed by atoms with van der Waals surface area (Å²) in [5.41, 5.74) is 3.43. The number of nitrogens with zero attached hydrogens (tertiary/aromatic N) is 3. The molecule has 2 atom stereocenters. The largest absolute Gasteiger partial charge is 0.445 e. The number of nitriles is 1. The predicted molar refractivity (Wildman–Crippen MR) is 101 cm³/mol. The first-order chi connectivity index (χ1) is 13.3. The second-order valence-corrected chi connectivity index (χ2v) is 7.01. The number of hydrogen-bond acceptors (Lipinski definition) is 4. The Morgan fingerprint density at radius 2 is 2.07 bits per heavy atom. The highest BCUT2D eigenvalue weighted by Gasteiger charge is 2.38. The highest BCUT2D eigenvalue weighted by Crippen LogP contribution is 2.38. The van der Waals surface area contributed by atoms with Crippen LogP contribution in [0.3, 0.4) is 0 Å². The minimum Gasteiger partial charge on any atom is -0.445 e. The first kappa shape index (κ1) is 17.3. The number of fused-ring (bicyclic) bond motifs is 2. The van der Waals surface area contributed by atoms with Gasteiger partial charge in [0.1, 0.15) is 18.4 Å². The minimum absolute atomic E-state index is 0.0162. The van der Waals surface area contributed by atoms with Gasteiger partial charge in [-0.15, -0.1) is 0 Å². The molecule has 2 aromatic rings. The van der Waals surface area contributed by atoms with Crippen molar-refractivity contribution in [2.75, 3.05) is 0 Å². The minimum atomic E-state index is -0.254. The predicted octanol–water partition coefficient (Wildman–Crippen LogP) is 4.30. The SMILES string of the molecule is N#Cc1ncccc1C1=CC2CCCC(C1)N2C(=O)OCc1ccccc1. The second-order valence-electron chi connectivity index (χ2n) is 7.01. The molecule has 5 nitrogen and oxygen atoms in total. The average Bonchev–Trinajstić information content (AvgIpc) is 2.71. The topological polar surface area (TPSA) is 66.2 Å². The Hall–Kier alpha value is -3.13. The van der Waals surface area contributed by atoms with E-state index < -0.39 is 0 Å². The van der Waals surface area contributed by atoms with Crippen LogP contribution in [0.1, 0.15) is 42.5 Å². The number of benzene rings is 1. The number of hydrogen-bond donors (Lipinski definition) is 0. The number of carbonyl (C=O) groups excluding carboxylic acids is 1. The van der Waals surface area contributed by atoms with Crippen molar-refractivity contribution >= 4 is 11.7 Å². The third-order valence-corrected chi connectivity index (χ3v) is 5.31. The molecule has 2 bridgehead atoms. The third kappa shape index (κ3) is 3.56. The Kier molecular flexibility index (Phi) is 4.88. The van der Waals surface area contributed by atoms with Gasteiger partial charge in [-0.3, -0.25) is 4.90 Å². The van der Waals surface area contributed by atoms with Crippen LogP contribution in [0, 0.1) is 11.3 Å². The lowest BCUT2D eigenvalue weighted by atomic mass is 9.83. The summed E-state index contributed by atoms with van der Waals surface area (Å²) in [5, 5.41) is 9.35. The molecule has 5 heteroatoms. The van der Waals surface area contributed by atoms with Crippen molar-refractivity contribution in [1.82, 2.24) is 9.88 Å². The van der Waals surface area contributed by atoms with Gasteiger partial charge in [0.2, 0.25) is 0 Å². The van der Waals surface area contributed by atoms with Gasteiger partial charge >= 0.3 is 6.09 Å². The van der Waals surface area contributed by atoms with E-state index in [9.17, 15) is 10.1 Å². The molecule has 0 spiro atoms. The summed E-state index contributed by atoms with van der Waals surface area (Å²) >= 11 is 0. The first-order valence-corrected chi connectivity index (χ1v) is 9.31. The van der Waals surface area contributed by atoms with Crippen molar-refractivity contribution in [3.05, 3.63) is 71.6 Å². The quantitative estimate of drug-likeness (QED) is 0.819. The van der Waals surface area contributed by atoms with Gasteiger partial charge in [0.25, 0.3) is 0 Å². The van der Waals surface area contributed by atoms with Gasteiger partial charge in [0, 0.05) is 17.8 Å². The molecule has 4 rings (SSSR count). The van der Waals surface area contributed by atoms with Gasteiger partial charge in [0.15, 0.2) is 0 Å². The molecule has 1 aromatic carbocycles. The highest BCUT2D eigenvalue weighted by atomic mass is 16.6. The van der Waals surface area contributed by atoms with Crippen LogP contribution in [0.25, 0.3) is 5.57 Å². The van der Waals surface area contributed by atoms with Crippen LogP contribution < -0.4 is 0 Å². The van der Waals surface area contributed by atoms with Crippen LogP contribution >= 0.6 is 0 Å². The van der Waals surface area contributed by atoms with E-state index in [1.165, 1.54) is 0 Å². The van der Waals surface area contributed by atoms with Gasteiger partial charge in [-0.1, -0.05) is 42.5 Å². The van der Waals surface area contributed by atoms with Gasteiger partial charge in [-0.05, 0) is 42.9 Å². The molecule has 1 aromatic heterocycles. The molecule has 3 heterocycles. The molecule has 0 saturated carbocycles. The second kappa shape index (κ2) is 7.63. The maximum atomic E-state index is 12.8. The van der Waals surface area contributed by atoms with Crippen LogP contribution in [-0.2, 0) is 11.3 Å². The van der Waals surface area contributed by atoms with Crippen molar-refractivity contribution in [2.24, 2.45) is 0 Å². The van der Waals surface area contributed by atoms with E-state index >= 15 is 0 Å². The van der Waals surface area contributed by atoms with Crippen LogP contribution in [0.2, 0.25) is 0 Å². The number of rotatable bonds is 3. The van der Waals surface area contributed by atoms with E-state index in [1.807, 2.05) is 47.4 Å². The summed E-state index contributed by atoms with van der Waals surface area (Å²) < 4.78 is 5.58.